The predicted octanol–water partition coefficient (Wildman–Crippen LogP) is 5.79. The molecular weight excluding hydrogens is 326 g/mol. The third-order valence-electron chi connectivity index (χ3n) is 5.64. The van der Waals surface area contributed by atoms with Gasteiger partial charge in [0.2, 0.25) is 0 Å². The summed E-state index contributed by atoms with van der Waals surface area (Å²) < 4.78 is 0. The Labute approximate surface area is 162 Å². The highest BCUT2D eigenvalue weighted by Crippen LogP contribution is 2.30. The Balaban J connectivity index is 4.31. The molecule has 0 radical (unpaired) electrons. The molecule has 4 heteroatoms. The second kappa shape index (κ2) is 18.2. The molecule has 0 aromatic heterocycles. The highest BCUT2D eigenvalue weighted by atomic mass is 16.5. The van der Waals surface area contributed by atoms with Gasteiger partial charge in [-0.25, -0.2) is 0 Å². The maximum atomic E-state index is 12.8. The van der Waals surface area contributed by atoms with E-state index < -0.39 is 5.54 Å². The lowest BCUT2D eigenvalue weighted by Crippen LogP contribution is -2.47. The first-order valence-electron chi connectivity index (χ1n) is 11.3. The van der Waals surface area contributed by atoms with Crippen LogP contribution in [0, 0.1) is 5.21 Å². The van der Waals surface area contributed by atoms with Crippen LogP contribution >= 0.6 is 0 Å². The average Bonchev–Trinajstić information content (AvgIpc) is 2.63. The van der Waals surface area contributed by atoms with Crippen LogP contribution in [-0.2, 0) is 0 Å². The molecule has 0 aliphatic rings. The van der Waals surface area contributed by atoms with Crippen LogP contribution in [0.5, 0.6) is 0 Å². The number of unbranched alkanes of at least 4 members (excludes halogenated alkanes) is 11. The monoisotopic (exact) mass is 372 g/mol. The van der Waals surface area contributed by atoms with E-state index in [4.69, 9.17) is 0 Å². The van der Waals surface area contributed by atoms with Crippen LogP contribution in [0.4, 0.5) is 0 Å². The van der Waals surface area contributed by atoms with Gasteiger partial charge in [-0.1, -0.05) is 90.9 Å². The fourth-order valence-electron chi connectivity index (χ4n) is 3.85. The van der Waals surface area contributed by atoms with Crippen LogP contribution in [-0.4, -0.2) is 40.6 Å². The van der Waals surface area contributed by atoms with Crippen molar-refractivity contribution in [1.82, 2.24) is 5.06 Å². The smallest absolute Gasteiger partial charge is 0.0448 e. The Kier molecular flexibility index (Phi) is 18.1. The van der Waals surface area contributed by atoms with E-state index in [1.807, 2.05) is 0 Å². The van der Waals surface area contributed by atoms with Crippen molar-refractivity contribution >= 4 is 0 Å². The Morgan fingerprint density at radius 2 is 1.04 bits per heavy atom. The standard InChI is InChI=1S/C22H46NO3/c1-3-5-7-9-11-12-14-16-22(17-20-24,18-21-25)23(26)19-15-13-10-8-6-4-2/h24-25H,3-21H2,1-2H3/q-1. The van der Waals surface area contributed by atoms with Gasteiger partial charge in [0.1, 0.15) is 0 Å². The van der Waals surface area contributed by atoms with E-state index in [1.54, 1.807) is 0 Å². The largest absolute Gasteiger partial charge is 0.785 e. The quantitative estimate of drug-likeness (QED) is 0.210. The molecule has 2 N–H and O–H groups in total. The highest BCUT2D eigenvalue weighted by molar-refractivity contribution is 4.91. The molecule has 0 aliphatic carbocycles. The van der Waals surface area contributed by atoms with Crippen molar-refractivity contribution in [3.05, 3.63) is 5.21 Å². The first kappa shape index (κ1) is 25.8. The van der Waals surface area contributed by atoms with Gasteiger partial charge in [0.15, 0.2) is 0 Å². The number of aliphatic hydroxyl groups excluding tert-OH is 2. The third-order valence-corrected chi connectivity index (χ3v) is 5.64. The van der Waals surface area contributed by atoms with E-state index in [0.29, 0.717) is 19.4 Å². The SMILES string of the molecule is CCCCCCCCCC(CCO)(CCO)N([O-])CCCCCCCC. The number of hydrogen-bond acceptors (Lipinski definition) is 4. The van der Waals surface area contributed by atoms with E-state index in [-0.39, 0.29) is 13.2 Å². The van der Waals surface area contributed by atoms with Crippen molar-refractivity contribution < 1.29 is 10.2 Å². The molecule has 0 unspecified atom stereocenters. The molecule has 0 atom stereocenters. The molecule has 0 aromatic rings. The van der Waals surface area contributed by atoms with E-state index in [0.717, 1.165) is 32.1 Å². The molecule has 0 rings (SSSR count). The van der Waals surface area contributed by atoms with Crippen molar-refractivity contribution in [3.63, 3.8) is 0 Å². The molecule has 0 aromatic carbocycles. The zero-order valence-electron chi connectivity index (χ0n) is 17.7. The second-order valence-corrected chi connectivity index (χ2v) is 7.91. The van der Waals surface area contributed by atoms with Gasteiger partial charge in [-0.2, -0.15) is 0 Å². The van der Waals surface area contributed by atoms with Crippen LogP contribution in [0.1, 0.15) is 117 Å². The van der Waals surface area contributed by atoms with Crippen molar-refractivity contribution in [1.29, 1.82) is 0 Å². The van der Waals surface area contributed by atoms with Crippen LogP contribution in [0.2, 0.25) is 0 Å². The fraction of sp³-hybridized carbons (Fsp3) is 1.00. The van der Waals surface area contributed by atoms with Crippen molar-refractivity contribution in [3.8, 4) is 0 Å². The van der Waals surface area contributed by atoms with Gasteiger partial charge in [-0.15, -0.1) is 0 Å². The third kappa shape index (κ3) is 12.3. The summed E-state index contributed by atoms with van der Waals surface area (Å²) in [6.45, 7) is 5.01. The minimum absolute atomic E-state index is 0.0196. The van der Waals surface area contributed by atoms with E-state index in [1.165, 1.54) is 62.9 Å². The Morgan fingerprint density at radius 1 is 0.615 bits per heavy atom. The molecule has 0 saturated heterocycles. The van der Waals surface area contributed by atoms with Crippen LogP contribution in [0.25, 0.3) is 0 Å². The molecule has 158 valence electrons. The van der Waals surface area contributed by atoms with Crippen LogP contribution in [0.15, 0.2) is 0 Å². The molecule has 0 spiro atoms. The second-order valence-electron chi connectivity index (χ2n) is 7.91. The number of rotatable bonds is 20. The summed E-state index contributed by atoms with van der Waals surface area (Å²) in [6, 6.07) is 0. The number of nitrogens with zero attached hydrogens (tertiary/aromatic N) is 1. The summed E-state index contributed by atoms with van der Waals surface area (Å²) in [5, 5.41) is 33.0. The Morgan fingerprint density at radius 3 is 1.50 bits per heavy atom. The first-order chi connectivity index (χ1) is 12.7. The topological polar surface area (TPSA) is 66.8 Å². The Bertz CT molecular complexity index is 281. The van der Waals surface area contributed by atoms with Crippen LogP contribution < -0.4 is 0 Å². The van der Waals surface area contributed by atoms with Crippen molar-refractivity contribution in [2.45, 2.75) is 122 Å². The normalized spacial score (nSPS) is 12.2. The summed E-state index contributed by atoms with van der Waals surface area (Å²) >= 11 is 0. The predicted molar refractivity (Wildman–Crippen MR) is 112 cm³/mol. The molecule has 26 heavy (non-hydrogen) atoms. The molecule has 0 bridgehead atoms. The van der Waals surface area contributed by atoms with Gasteiger partial charge >= 0.3 is 0 Å². The van der Waals surface area contributed by atoms with E-state index in [9.17, 15) is 15.4 Å². The van der Waals surface area contributed by atoms with Gasteiger partial charge in [0.25, 0.3) is 0 Å². The highest BCUT2D eigenvalue weighted by Gasteiger charge is 2.29. The van der Waals surface area contributed by atoms with Gasteiger partial charge in [0.05, 0.1) is 0 Å². The number of aliphatic hydroxyl groups is 2. The summed E-state index contributed by atoms with van der Waals surface area (Å²) in [5.74, 6) is 0. The molecule has 0 amide bonds. The van der Waals surface area contributed by atoms with E-state index >= 15 is 0 Å². The molecule has 0 heterocycles. The number of hydrogen-bond donors (Lipinski definition) is 2. The van der Waals surface area contributed by atoms with Gasteiger partial charge in [0, 0.05) is 18.8 Å². The zero-order valence-corrected chi connectivity index (χ0v) is 17.7. The molecule has 4 nitrogen and oxygen atoms in total. The minimum atomic E-state index is -0.573. The molecule has 0 saturated carbocycles. The van der Waals surface area contributed by atoms with Crippen LogP contribution in [0.3, 0.4) is 0 Å². The van der Waals surface area contributed by atoms with E-state index in [2.05, 4.69) is 13.8 Å². The zero-order chi connectivity index (χ0) is 19.5. The molecule has 0 aliphatic heterocycles. The lowest BCUT2D eigenvalue weighted by atomic mass is 9.85. The molecular formula is C22H46NO3-. The average molecular weight is 373 g/mol. The maximum Gasteiger partial charge on any atom is 0.0448 e. The van der Waals surface area contributed by atoms with Gasteiger partial charge in [-0.3, -0.25) is 0 Å². The Hall–Kier alpha value is -0.160. The first-order valence-corrected chi connectivity index (χ1v) is 11.3. The molecule has 0 fully saturated rings. The lowest BCUT2D eigenvalue weighted by Gasteiger charge is -2.49. The summed E-state index contributed by atoms with van der Waals surface area (Å²) in [7, 11) is 0. The minimum Gasteiger partial charge on any atom is -0.785 e. The summed E-state index contributed by atoms with van der Waals surface area (Å²) in [5.41, 5.74) is -0.573. The summed E-state index contributed by atoms with van der Waals surface area (Å²) in [6.07, 6.45) is 17.3. The van der Waals surface area contributed by atoms with Gasteiger partial charge < -0.3 is 20.5 Å². The van der Waals surface area contributed by atoms with Crippen molar-refractivity contribution in [2.24, 2.45) is 0 Å². The maximum absolute atomic E-state index is 12.8. The van der Waals surface area contributed by atoms with Gasteiger partial charge in [-0.05, 0) is 32.2 Å². The number of hydroxylamine groups is 2. The fourth-order valence-corrected chi connectivity index (χ4v) is 3.85. The van der Waals surface area contributed by atoms with Crippen molar-refractivity contribution in [2.75, 3.05) is 19.8 Å². The summed E-state index contributed by atoms with van der Waals surface area (Å²) in [4.78, 5) is 0. The lowest BCUT2D eigenvalue weighted by molar-refractivity contribution is 0.0625.